The Balaban J connectivity index is 1.43. The van der Waals surface area contributed by atoms with Crippen molar-refractivity contribution in [1.29, 1.82) is 0 Å². The minimum absolute atomic E-state index is 0.00331. The molecule has 0 N–H and O–H groups in total. The molecule has 0 spiro atoms. The molecular weight excluding hydrogens is 557 g/mol. The van der Waals surface area contributed by atoms with E-state index < -0.39 is 40.9 Å². The summed E-state index contributed by atoms with van der Waals surface area (Å²) >= 11 is 0. The Labute approximate surface area is 240 Å². The number of hydrogen-bond acceptors (Lipinski definition) is 5. The number of benzene rings is 2. The van der Waals surface area contributed by atoms with E-state index in [-0.39, 0.29) is 43.3 Å². The van der Waals surface area contributed by atoms with Crippen LogP contribution in [0, 0.1) is 5.92 Å². The molecule has 1 unspecified atom stereocenters. The van der Waals surface area contributed by atoms with Crippen LogP contribution < -0.4 is 4.90 Å². The van der Waals surface area contributed by atoms with E-state index in [4.69, 9.17) is 4.74 Å². The largest absolute Gasteiger partial charge is 0.416 e. The Bertz CT molecular complexity index is 1500. The zero-order valence-electron chi connectivity index (χ0n) is 23.5. The van der Waals surface area contributed by atoms with Gasteiger partial charge in [0, 0.05) is 62.9 Å². The third-order valence-electron chi connectivity index (χ3n) is 9.25. The van der Waals surface area contributed by atoms with Gasteiger partial charge >= 0.3 is 6.18 Å². The number of alkyl halides is 5. The summed E-state index contributed by atoms with van der Waals surface area (Å²) in [5.41, 5.74) is -0.306. The number of rotatable bonds is 6. The first-order valence-corrected chi connectivity index (χ1v) is 14.0. The number of ether oxygens (including phenoxy) is 1. The molecular formula is C30H32F5N5O2. The van der Waals surface area contributed by atoms with Crippen LogP contribution in [0.3, 0.4) is 0 Å². The van der Waals surface area contributed by atoms with Gasteiger partial charge in [0.15, 0.2) is 0 Å². The number of likely N-dealkylation sites (tertiary alicyclic amines) is 1. The Morgan fingerprint density at radius 2 is 1.86 bits per heavy atom. The second-order valence-corrected chi connectivity index (χ2v) is 11.8. The molecule has 1 aromatic heterocycles. The van der Waals surface area contributed by atoms with E-state index in [2.05, 4.69) is 10.2 Å². The number of carbonyl (C=O) groups is 1. The van der Waals surface area contributed by atoms with Crippen LogP contribution in [-0.4, -0.2) is 64.3 Å². The first-order chi connectivity index (χ1) is 19.9. The molecule has 2 fully saturated rings. The highest BCUT2D eigenvalue weighted by Crippen LogP contribution is 2.51. The van der Waals surface area contributed by atoms with Crippen molar-refractivity contribution in [3.63, 3.8) is 0 Å². The lowest BCUT2D eigenvalue weighted by Crippen LogP contribution is -2.49. The normalized spacial score (nSPS) is 27.7. The minimum atomic E-state index is -4.69. The summed E-state index contributed by atoms with van der Waals surface area (Å²) in [6.07, 6.45) is -2.24. The zero-order chi connectivity index (χ0) is 30.0. The Kier molecular flexibility index (Phi) is 6.92. The van der Waals surface area contributed by atoms with E-state index in [0.717, 1.165) is 17.5 Å². The number of anilines is 1. The molecule has 0 bridgehead atoms. The van der Waals surface area contributed by atoms with Crippen LogP contribution in [0.25, 0.3) is 0 Å². The molecule has 3 heterocycles. The second-order valence-electron chi connectivity index (χ2n) is 11.8. The summed E-state index contributed by atoms with van der Waals surface area (Å²) in [7, 11) is 3.49. The van der Waals surface area contributed by atoms with Crippen molar-refractivity contribution in [3.8, 4) is 0 Å². The predicted octanol–water partition coefficient (Wildman–Crippen LogP) is 5.61. The van der Waals surface area contributed by atoms with Gasteiger partial charge in [-0.05, 0) is 42.7 Å². The molecule has 3 aromatic rings. The summed E-state index contributed by atoms with van der Waals surface area (Å²) < 4.78 is 78.8. The molecule has 224 valence electrons. The van der Waals surface area contributed by atoms with Crippen molar-refractivity contribution in [2.24, 2.45) is 13.0 Å². The van der Waals surface area contributed by atoms with Gasteiger partial charge in [-0.15, -0.1) is 10.2 Å². The molecule has 12 heteroatoms. The first kappa shape index (κ1) is 28.7. The number of aromatic nitrogens is 3. The summed E-state index contributed by atoms with van der Waals surface area (Å²) in [5, 5.41) is 8.42. The minimum Gasteiger partial charge on any atom is -0.381 e. The van der Waals surface area contributed by atoms with E-state index in [1.54, 1.807) is 30.5 Å². The summed E-state index contributed by atoms with van der Waals surface area (Å²) in [4.78, 5) is 17.0. The SMILES string of the molecule is COC1CC(c2cccc(N3C(=O)c4cccc(C(F)(F)F)c4C3CN3CCC(F)(F)[C@H](C)C3)c2)(c2nncn2C)C1. The number of amides is 1. The van der Waals surface area contributed by atoms with Gasteiger partial charge in [0.25, 0.3) is 11.8 Å². The number of fused-ring (bicyclic) bond motifs is 1. The number of methoxy groups -OCH3 is 1. The van der Waals surface area contributed by atoms with Crippen LogP contribution in [0.2, 0.25) is 0 Å². The Morgan fingerprint density at radius 1 is 1.12 bits per heavy atom. The molecule has 2 aromatic carbocycles. The van der Waals surface area contributed by atoms with Gasteiger partial charge in [0.2, 0.25) is 0 Å². The Hall–Kier alpha value is -3.38. The third-order valence-corrected chi connectivity index (χ3v) is 9.25. The lowest BCUT2D eigenvalue weighted by molar-refractivity contribution is -0.138. The maximum Gasteiger partial charge on any atom is 0.416 e. The monoisotopic (exact) mass is 589 g/mol. The smallest absolute Gasteiger partial charge is 0.381 e. The van der Waals surface area contributed by atoms with Crippen molar-refractivity contribution in [2.75, 3.05) is 31.6 Å². The van der Waals surface area contributed by atoms with Crippen LogP contribution in [0.15, 0.2) is 48.8 Å². The fraction of sp³-hybridized carbons (Fsp3) is 0.500. The van der Waals surface area contributed by atoms with Gasteiger partial charge < -0.3 is 14.2 Å². The summed E-state index contributed by atoms with van der Waals surface area (Å²) in [5.74, 6) is -3.63. The van der Waals surface area contributed by atoms with Crippen LogP contribution in [0.5, 0.6) is 0 Å². The highest BCUT2D eigenvalue weighted by Gasteiger charge is 2.51. The fourth-order valence-electron chi connectivity index (χ4n) is 6.91. The van der Waals surface area contributed by atoms with Crippen molar-refractivity contribution in [3.05, 3.63) is 76.9 Å². The van der Waals surface area contributed by atoms with Gasteiger partial charge in [0.1, 0.15) is 12.2 Å². The average Bonchev–Trinajstić information content (AvgIpc) is 3.47. The van der Waals surface area contributed by atoms with Gasteiger partial charge in [-0.2, -0.15) is 13.2 Å². The molecule has 2 atom stereocenters. The standard InChI is InChI=1S/C30H32F5N5O2/c1-18-15-39(11-10-29(18,31)32)16-24-25-22(8-5-9-23(25)30(33,34)35)26(41)40(24)20-7-4-6-19(12-20)28(13-21(14-28)42-3)27-37-36-17-38(27)2/h4-9,12,17-18,21,24H,10-11,13-16H2,1-3H3/t18-,21?,24?,28?/m1/s1. The quantitative estimate of drug-likeness (QED) is 0.350. The third kappa shape index (κ3) is 4.59. The van der Waals surface area contributed by atoms with Crippen LogP contribution in [0.1, 0.15) is 65.1 Å². The molecule has 1 amide bonds. The molecule has 1 aliphatic carbocycles. The summed E-state index contributed by atoms with van der Waals surface area (Å²) in [6, 6.07) is 9.85. The number of halogens is 5. The first-order valence-electron chi connectivity index (χ1n) is 14.0. The topological polar surface area (TPSA) is 63.5 Å². The number of piperidine rings is 1. The molecule has 42 heavy (non-hydrogen) atoms. The number of aryl methyl sites for hydroxylation is 1. The molecule has 1 saturated heterocycles. The average molecular weight is 590 g/mol. The van der Waals surface area contributed by atoms with Gasteiger partial charge in [-0.25, -0.2) is 8.78 Å². The second kappa shape index (κ2) is 10.1. The number of carbonyl (C=O) groups excluding carboxylic acids is 1. The highest BCUT2D eigenvalue weighted by atomic mass is 19.4. The predicted molar refractivity (Wildman–Crippen MR) is 144 cm³/mol. The number of hydrogen-bond donors (Lipinski definition) is 0. The van der Waals surface area contributed by atoms with Crippen LogP contribution in [0.4, 0.5) is 27.6 Å². The number of nitrogens with zero attached hydrogens (tertiary/aromatic N) is 5. The zero-order valence-corrected chi connectivity index (χ0v) is 23.5. The fourth-order valence-corrected chi connectivity index (χ4v) is 6.91. The van der Waals surface area contributed by atoms with E-state index in [1.807, 2.05) is 23.7 Å². The van der Waals surface area contributed by atoms with Crippen molar-refractivity contribution in [1.82, 2.24) is 19.7 Å². The lowest BCUT2D eigenvalue weighted by Gasteiger charge is -2.46. The van der Waals surface area contributed by atoms with E-state index >= 15 is 0 Å². The van der Waals surface area contributed by atoms with E-state index in [9.17, 15) is 26.7 Å². The van der Waals surface area contributed by atoms with Crippen molar-refractivity contribution >= 4 is 11.6 Å². The maximum absolute atomic E-state index is 14.3. The van der Waals surface area contributed by atoms with Crippen molar-refractivity contribution in [2.45, 2.75) is 55.8 Å². The summed E-state index contributed by atoms with van der Waals surface area (Å²) in [6.45, 7) is 1.48. The molecule has 0 radical (unpaired) electrons. The van der Waals surface area contributed by atoms with Gasteiger partial charge in [0.05, 0.1) is 23.1 Å². The molecule has 7 nitrogen and oxygen atoms in total. The highest BCUT2D eigenvalue weighted by molar-refractivity contribution is 6.11. The Morgan fingerprint density at radius 3 is 2.50 bits per heavy atom. The molecule has 3 aliphatic rings. The van der Waals surface area contributed by atoms with E-state index in [1.165, 1.54) is 24.0 Å². The van der Waals surface area contributed by atoms with Gasteiger partial charge in [-0.3, -0.25) is 9.69 Å². The van der Waals surface area contributed by atoms with Crippen LogP contribution >= 0.6 is 0 Å². The van der Waals surface area contributed by atoms with E-state index in [0.29, 0.717) is 18.5 Å². The molecule has 1 saturated carbocycles. The van der Waals surface area contributed by atoms with Gasteiger partial charge in [-0.1, -0.05) is 25.1 Å². The van der Waals surface area contributed by atoms with Crippen molar-refractivity contribution < 1.29 is 31.5 Å². The maximum atomic E-state index is 14.3. The lowest BCUT2D eigenvalue weighted by atomic mass is 9.62. The molecule has 6 rings (SSSR count). The van der Waals surface area contributed by atoms with Crippen LogP contribution in [-0.2, 0) is 23.4 Å². The molecule has 2 aliphatic heterocycles.